The monoisotopic (exact) mass is 202 g/mol. The van der Waals surface area contributed by atoms with Crippen LogP contribution in [-0.4, -0.2) is 44.3 Å². The number of hydrogen-bond donors (Lipinski definition) is 1. The van der Waals surface area contributed by atoms with E-state index in [1.54, 1.807) is 7.11 Å². The molecule has 86 valence electrons. The van der Waals surface area contributed by atoms with Crippen molar-refractivity contribution in [2.45, 2.75) is 39.3 Å². The second-order valence-corrected chi connectivity index (χ2v) is 4.47. The summed E-state index contributed by atoms with van der Waals surface area (Å²) in [6.45, 7) is 8.42. The summed E-state index contributed by atoms with van der Waals surface area (Å²) >= 11 is 0. The van der Waals surface area contributed by atoms with E-state index >= 15 is 0 Å². The Morgan fingerprint density at radius 1 is 1.29 bits per heavy atom. The lowest BCUT2D eigenvalue weighted by molar-refractivity contribution is 0.161. The topological polar surface area (TPSA) is 38.5 Å². The fourth-order valence-corrected chi connectivity index (χ4v) is 1.41. The van der Waals surface area contributed by atoms with Gasteiger partial charge < -0.3 is 15.4 Å². The first-order chi connectivity index (χ1) is 6.49. The van der Waals surface area contributed by atoms with Crippen molar-refractivity contribution in [3.05, 3.63) is 0 Å². The molecule has 0 aliphatic carbocycles. The van der Waals surface area contributed by atoms with E-state index in [9.17, 15) is 0 Å². The molecule has 2 unspecified atom stereocenters. The Hall–Kier alpha value is -0.120. The molecule has 0 saturated carbocycles. The summed E-state index contributed by atoms with van der Waals surface area (Å²) in [6.07, 6.45) is 0.936. The van der Waals surface area contributed by atoms with Crippen LogP contribution < -0.4 is 5.73 Å². The van der Waals surface area contributed by atoms with Gasteiger partial charge in [-0.05, 0) is 26.3 Å². The summed E-state index contributed by atoms with van der Waals surface area (Å²) in [7, 11) is 3.85. The van der Waals surface area contributed by atoms with Gasteiger partial charge in [-0.25, -0.2) is 0 Å². The smallest absolute Gasteiger partial charge is 0.0477 e. The molecule has 0 aromatic rings. The average molecular weight is 202 g/mol. The Kier molecular flexibility index (Phi) is 7.15. The maximum Gasteiger partial charge on any atom is 0.0477 e. The Balaban J connectivity index is 3.74. The van der Waals surface area contributed by atoms with Gasteiger partial charge in [0.25, 0.3) is 0 Å². The molecule has 3 heteroatoms. The lowest BCUT2D eigenvalue weighted by Crippen LogP contribution is -2.42. The molecular formula is C11H26N2O. The van der Waals surface area contributed by atoms with Crippen molar-refractivity contribution in [2.75, 3.05) is 27.3 Å². The van der Waals surface area contributed by atoms with E-state index in [0.29, 0.717) is 12.0 Å². The molecule has 0 spiro atoms. The number of nitrogens with two attached hydrogens (primary N) is 1. The Morgan fingerprint density at radius 2 is 1.86 bits per heavy atom. The van der Waals surface area contributed by atoms with E-state index in [4.69, 9.17) is 10.5 Å². The van der Waals surface area contributed by atoms with Crippen LogP contribution >= 0.6 is 0 Å². The molecule has 0 saturated heterocycles. The molecular weight excluding hydrogens is 176 g/mol. The molecule has 0 heterocycles. The van der Waals surface area contributed by atoms with Crippen LogP contribution in [0.25, 0.3) is 0 Å². The summed E-state index contributed by atoms with van der Waals surface area (Å²) in [6, 6.07) is 0.810. The SMILES string of the molecule is COCCC(N)CN(C)C(C)C(C)C. The minimum atomic E-state index is 0.223. The molecule has 0 rings (SSSR count). The van der Waals surface area contributed by atoms with Crippen LogP contribution in [0, 0.1) is 5.92 Å². The van der Waals surface area contributed by atoms with Crippen molar-refractivity contribution < 1.29 is 4.74 Å². The van der Waals surface area contributed by atoms with E-state index in [-0.39, 0.29) is 6.04 Å². The van der Waals surface area contributed by atoms with Crippen molar-refractivity contribution >= 4 is 0 Å². The molecule has 0 aliphatic rings. The van der Waals surface area contributed by atoms with Crippen molar-refractivity contribution in [3.8, 4) is 0 Å². The summed E-state index contributed by atoms with van der Waals surface area (Å²) < 4.78 is 5.00. The summed E-state index contributed by atoms with van der Waals surface area (Å²) in [4.78, 5) is 2.32. The van der Waals surface area contributed by atoms with Gasteiger partial charge >= 0.3 is 0 Å². The molecule has 0 radical (unpaired) electrons. The molecule has 2 atom stereocenters. The highest BCUT2D eigenvalue weighted by atomic mass is 16.5. The highest BCUT2D eigenvalue weighted by molar-refractivity contribution is 4.72. The van der Waals surface area contributed by atoms with E-state index < -0.39 is 0 Å². The number of methoxy groups -OCH3 is 1. The third-order valence-corrected chi connectivity index (χ3v) is 2.88. The summed E-state index contributed by atoms with van der Waals surface area (Å²) in [5, 5.41) is 0. The predicted molar refractivity (Wildman–Crippen MR) is 61.4 cm³/mol. The number of likely N-dealkylation sites (N-methyl/N-ethyl adjacent to an activating group) is 1. The summed E-state index contributed by atoms with van der Waals surface area (Å²) in [5.74, 6) is 0.676. The van der Waals surface area contributed by atoms with Gasteiger partial charge in [-0.3, -0.25) is 0 Å². The lowest BCUT2D eigenvalue weighted by Gasteiger charge is -2.30. The molecule has 0 aromatic heterocycles. The Labute approximate surface area is 88.6 Å². The van der Waals surface area contributed by atoms with Crippen LogP contribution in [0.5, 0.6) is 0 Å². The summed E-state index contributed by atoms with van der Waals surface area (Å²) in [5.41, 5.74) is 5.98. The van der Waals surface area contributed by atoms with Crippen LogP contribution in [0.15, 0.2) is 0 Å². The van der Waals surface area contributed by atoms with Gasteiger partial charge in [0, 0.05) is 32.3 Å². The Morgan fingerprint density at radius 3 is 2.29 bits per heavy atom. The molecule has 0 aromatic carbocycles. The highest BCUT2D eigenvalue weighted by Crippen LogP contribution is 2.08. The van der Waals surface area contributed by atoms with Crippen molar-refractivity contribution in [3.63, 3.8) is 0 Å². The van der Waals surface area contributed by atoms with Crippen LogP contribution in [0.2, 0.25) is 0 Å². The van der Waals surface area contributed by atoms with Crippen LogP contribution in [-0.2, 0) is 4.74 Å². The number of hydrogen-bond acceptors (Lipinski definition) is 3. The second kappa shape index (κ2) is 7.21. The lowest BCUT2D eigenvalue weighted by atomic mass is 10.0. The van der Waals surface area contributed by atoms with Crippen LogP contribution in [0.3, 0.4) is 0 Å². The van der Waals surface area contributed by atoms with Gasteiger partial charge in [0.15, 0.2) is 0 Å². The zero-order valence-electron chi connectivity index (χ0n) is 10.3. The minimum Gasteiger partial charge on any atom is -0.385 e. The van der Waals surface area contributed by atoms with Crippen molar-refractivity contribution in [1.29, 1.82) is 0 Å². The molecule has 0 aliphatic heterocycles. The van der Waals surface area contributed by atoms with Crippen molar-refractivity contribution in [1.82, 2.24) is 4.90 Å². The van der Waals surface area contributed by atoms with Gasteiger partial charge in [-0.1, -0.05) is 13.8 Å². The van der Waals surface area contributed by atoms with E-state index in [2.05, 4.69) is 32.7 Å². The molecule has 0 bridgehead atoms. The van der Waals surface area contributed by atoms with Gasteiger partial charge in [0.1, 0.15) is 0 Å². The van der Waals surface area contributed by atoms with Crippen LogP contribution in [0.4, 0.5) is 0 Å². The minimum absolute atomic E-state index is 0.223. The average Bonchev–Trinajstić information content (AvgIpc) is 2.13. The number of ether oxygens (including phenoxy) is 1. The first-order valence-electron chi connectivity index (χ1n) is 5.43. The third-order valence-electron chi connectivity index (χ3n) is 2.88. The predicted octanol–water partition coefficient (Wildman–Crippen LogP) is 1.33. The second-order valence-electron chi connectivity index (χ2n) is 4.47. The van der Waals surface area contributed by atoms with Crippen molar-refractivity contribution in [2.24, 2.45) is 11.7 Å². The number of nitrogens with zero attached hydrogens (tertiary/aromatic N) is 1. The fraction of sp³-hybridized carbons (Fsp3) is 1.00. The maximum atomic E-state index is 5.98. The molecule has 0 fully saturated rings. The standard InChI is InChI=1S/C11H26N2O/c1-9(2)10(3)13(4)8-11(12)6-7-14-5/h9-11H,6-8,12H2,1-5H3. The van der Waals surface area contributed by atoms with Gasteiger partial charge in [-0.2, -0.15) is 0 Å². The van der Waals surface area contributed by atoms with E-state index in [0.717, 1.165) is 19.6 Å². The zero-order chi connectivity index (χ0) is 11.1. The quantitative estimate of drug-likeness (QED) is 0.677. The van der Waals surface area contributed by atoms with E-state index in [1.807, 2.05) is 0 Å². The largest absolute Gasteiger partial charge is 0.385 e. The fourth-order valence-electron chi connectivity index (χ4n) is 1.41. The normalized spacial score (nSPS) is 16.3. The first-order valence-corrected chi connectivity index (χ1v) is 5.43. The molecule has 2 N–H and O–H groups in total. The molecule has 14 heavy (non-hydrogen) atoms. The van der Waals surface area contributed by atoms with Gasteiger partial charge in [0.2, 0.25) is 0 Å². The van der Waals surface area contributed by atoms with E-state index in [1.165, 1.54) is 0 Å². The third kappa shape index (κ3) is 5.58. The molecule has 3 nitrogen and oxygen atoms in total. The highest BCUT2D eigenvalue weighted by Gasteiger charge is 2.15. The first kappa shape index (κ1) is 13.9. The van der Waals surface area contributed by atoms with Crippen LogP contribution in [0.1, 0.15) is 27.2 Å². The number of rotatable bonds is 7. The Bertz CT molecular complexity index is 139. The molecule has 0 amide bonds. The van der Waals surface area contributed by atoms with Gasteiger partial charge in [-0.15, -0.1) is 0 Å². The zero-order valence-corrected chi connectivity index (χ0v) is 10.3. The maximum absolute atomic E-state index is 5.98. The van der Waals surface area contributed by atoms with Gasteiger partial charge in [0.05, 0.1) is 0 Å².